The molecule has 0 bridgehead atoms. The van der Waals surface area contributed by atoms with Crippen LogP contribution >= 0.6 is 11.6 Å². The molecule has 112 valence electrons. The number of benzene rings is 1. The summed E-state index contributed by atoms with van der Waals surface area (Å²) in [6.45, 7) is -0.0827. The van der Waals surface area contributed by atoms with Gasteiger partial charge in [0.05, 0.1) is 16.9 Å². The molecule has 0 spiro atoms. The molecule has 7 nitrogen and oxygen atoms in total. The quantitative estimate of drug-likeness (QED) is 0.686. The molecule has 0 aliphatic rings. The van der Waals surface area contributed by atoms with Crippen LogP contribution in [0.3, 0.4) is 0 Å². The topological polar surface area (TPSA) is 83.0 Å². The molecule has 22 heavy (non-hydrogen) atoms. The van der Waals surface area contributed by atoms with Crippen molar-refractivity contribution in [3.8, 4) is 5.69 Å². The third-order valence-corrected chi connectivity index (χ3v) is 2.99. The van der Waals surface area contributed by atoms with Gasteiger partial charge in [-0.05, 0) is 18.2 Å². The van der Waals surface area contributed by atoms with Crippen LogP contribution in [0.25, 0.3) is 5.69 Å². The van der Waals surface area contributed by atoms with E-state index in [1.165, 1.54) is 29.1 Å². The fourth-order valence-corrected chi connectivity index (χ4v) is 1.82. The fourth-order valence-electron chi connectivity index (χ4n) is 1.65. The minimum Gasteiger partial charge on any atom is -0.454 e. The van der Waals surface area contributed by atoms with Crippen LogP contribution in [-0.4, -0.2) is 25.9 Å². The van der Waals surface area contributed by atoms with Crippen LogP contribution in [-0.2, 0) is 11.3 Å². The predicted molar refractivity (Wildman–Crippen MR) is 71.9 cm³/mol. The summed E-state index contributed by atoms with van der Waals surface area (Å²) in [4.78, 5) is 15.2. The molecule has 0 aliphatic heterocycles. The largest absolute Gasteiger partial charge is 0.454 e. The number of halogens is 2. The molecule has 0 saturated carbocycles. The first-order chi connectivity index (χ1) is 10.6. The highest BCUT2D eigenvalue weighted by molar-refractivity contribution is 6.30. The number of aromatic nitrogens is 4. The van der Waals surface area contributed by atoms with Crippen molar-refractivity contribution in [1.29, 1.82) is 0 Å². The van der Waals surface area contributed by atoms with Gasteiger partial charge in [-0.3, -0.25) is 0 Å². The van der Waals surface area contributed by atoms with Gasteiger partial charge in [-0.25, -0.2) is 18.9 Å². The van der Waals surface area contributed by atoms with Gasteiger partial charge < -0.3 is 9.15 Å². The SMILES string of the molecule is O=C(OCc1cn(-c2ccc(F)c(Cl)c2)nn1)c1cocn1. The number of carbonyl (C=O) groups excluding carboxylic acids is 1. The van der Waals surface area contributed by atoms with Crippen LogP contribution in [0, 0.1) is 5.82 Å². The monoisotopic (exact) mass is 322 g/mol. The average Bonchev–Trinajstić information content (AvgIpc) is 3.19. The molecule has 1 aromatic carbocycles. The van der Waals surface area contributed by atoms with Crippen molar-refractivity contribution < 1.29 is 18.3 Å². The van der Waals surface area contributed by atoms with E-state index >= 15 is 0 Å². The second-order valence-electron chi connectivity index (χ2n) is 4.20. The minimum atomic E-state index is -0.631. The van der Waals surface area contributed by atoms with Crippen molar-refractivity contribution in [1.82, 2.24) is 20.0 Å². The lowest BCUT2D eigenvalue weighted by Gasteiger charge is -2.01. The lowest BCUT2D eigenvalue weighted by Crippen LogP contribution is -2.05. The van der Waals surface area contributed by atoms with E-state index in [9.17, 15) is 9.18 Å². The van der Waals surface area contributed by atoms with Crippen molar-refractivity contribution in [2.24, 2.45) is 0 Å². The Morgan fingerprint density at radius 2 is 2.32 bits per heavy atom. The molecule has 9 heteroatoms. The van der Waals surface area contributed by atoms with E-state index in [4.69, 9.17) is 16.3 Å². The Bertz CT molecular complexity index is 803. The molecular formula is C13H8ClFN4O3. The van der Waals surface area contributed by atoms with E-state index in [1.54, 1.807) is 6.20 Å². The van der Waals surface area contributed by atoms with Crippen LogP contribution in [0.1, 0.15) is 16.2 Å². The maximum absolute atomic E-state index is 13.1. The van der Waals surface area contributed by atoms with Crippen molar-refractivity contribution >= 4 is 17.6 Å². The smallest absolute Gasteiger partial charge is 0.360 e. The number of rotatable bonds is 4. The Hall–Kier alpha value is -2.74. The second kappa shape index (κ2) is 5.94. The maximum atomic E-state index is 13.1. The molecule has 2 heterocycles. The maximum Gasteiger partial charge on any atom is 0.360 e. The molecule has 3 aromatic rings. The van der Waals surface area contributed by atoms with Gasteiger partial charge in [-0.2, -0.15) is 0 Å². The average molecular weight is 323 g/mol. The first kappa shape index (κ1) is 14.2. The van der Waals surface area contributed by atoms with Crippen molar-refractivity contribution in [2.75, 3.05) is 0 Å². The number of oxazole rings is 1. The van der Waals surface area contributed by atoms with Gasteiger partial charge in [0.2, 0.25) is 0 Å². The van der Waals surface area contributed by atoms with E-state index in [1.807, 2.05) is 0 Å². The highest BCUT2D eigenvalue weighted by atomic mass is 35.5. The van der Waals surface area contributed by atoms with Gasteiger partial charge in [-0.15, -0.1) is 5.10 Å². The van der Waals surface area contributed by atoms with Crippen molar-refractivity contribution in [3.63, 3.8) is 0 Å². The highest BCUT2D eigenvalue weighted by Gasteiger charge is 2.12. The molecule has 0 saturated heterocycles. The number of hydrogen-bond acceptors (Lipinski definition) is 6. The molecule has 0 radical (unpaired) electrons. The van der Waals surface area contributed by atoms with Gasteiger partial charge in [0, 0.05) is 0 Å². The summed E-state index contributed by atoms with van der Waals surface area (Å²) in [5.41, 5.74) is 1.02. The Kier molecular flexibility index (Phi) is 3.84. The van der Waals surface area contributed by atoms with E-state index in [0.29, 0.717) is 11.4 Å². The summed E-state index contributed by atoms with van der Waals surface area (Å²) >= 11 is 5.71. The van der Waals surface area contributed by atoms with Crippen LogP contribution in [0.2, 0.25) is 5.02 Å². The molecule has 0 amide bonds. The minimum absolute atomic E-state index is 0.0213. The number of hydrogen-bond donors (Lipinski definition) is 0. The zero-order valence-electron chi connectivity index (χ0n) is 10.9. The zero-order chi connectivity index (χ0) is 15.5. The summed E-state index contributed by atoms with van der Waals surface area (Å²) in [5.74, 6) is -1.15. The van der Waals surface area contributed by atoms with Crippen LogP contribution < -0.4 is 0 Å². The number of nitrogens with zero attached hydrogens (tertiary/aromatic N) is 4. The third kappa shape index (κ3) is 2.96. The number of esters is 1. The molecule has 3 rings (SSSR count). The van der Waals surface area contributed by atoms with Gasteiger partial charge >= 0.3 is 5.97 Å². The number of carbonyl (C=O) groups is 1. The summed E-state index contributed by atoms with van der Waals surface area (Å²) in [5, 5.41) is 7.69. The summed E-state index contributed by atoms with van der Waals surface area (Å²) in [6, 6.07) is 4.14. The standard InChI is InChI=1S/C13H8ClFN4O3/c14-10-3-9(1-2-11(10)15)19-4-8(17-18-19)5-22-13(20)12-6-21-7-16-12/h1-4,6-7H,5H2. The van der Waals surface area contributed by atoms with Crippen LogP contribution in [0.5, 0.6) is 0 Å². The van der Waals surface area contributed by atoms with E-state index < -0.39 is 11.8 Å². The lowest BCUT2D eigenvalue weighted by atomic mass is 10.3. The van der Waals surface area contributed by atoms with Gasteiger partial charge in [0.1, 0.15) is 24.4 Å². The molecule has 0 unspecified atom stereocenters. The molecular weight excluding hydrogens is 315 g/mol. The first-order valence-corrected chi connectivity index (χ1v) is 6.43. The Morgan fingerprint density at radius 3 is 3.05 bits per heavy atom. The molecule has 0 atom stereocenters. The lowest BCUT2D eigenvalue weighted by molar-refractivity contribution is 0.0460. The van der Waals surface area contributed by atoms with E-state index in [0.717, 1.165) is 6.39 Å². The third-order valence-electron chi connectivity index (χ3n) is 2.70. The fraction of sp³-hybridized carbons (Fsp3) is 0.0769. The van der Waals surface area contributed by atoms with E-state index in [2.05, 4.69) is 19.7 Å². The Labute approximate surface area is 128 Å². The Morgan fingerprint density at radius 1 is 1.45 bits per heavy atom. The highest BCUT2D eigenvalue weighted by Crippen LogP contribution is 2.18. The molecule has 0 aliphatic carbocycles. The second-order valence-corrected chi connectivity index (χ2v) is 4.61. The summed E-state index contributed by atoms with van der Waals surface area (Å²) < 4.78 is 24.2. The van der Waals surface area contributed by atoms with Crippen LogP contribution in [0.15, 0.2) is 41.5 Å². The van der Waals surface area contributed by atoms with Crippen molar-refractivity contribution in [3.05, 3.63) is 59.3 Å². The van der Waals surface area contributed by atoms with Gasteiger partial charge in [-0.1, -0.05) is 16.8 Å². The summed E-state index contributed by atoms with van der Waals surface area (Å²) in [7, 11) is 0. The van der Waals surface area contributed by atoms with Crippen molar-refractivity contribution in [2.45, 2.75) is 6.61 Å². The van der Waals surface area contributed by atoms with E-state index in [-0.39, 0.29) is 17.3 Å². The zero-order valence-corrected chi connectivity index (χ0v) is 11.7. The normalized spacial score (nSPS) is 10.6. The molecule has 2 aromatic heterocycles. The molecule has 0 N–H and O–H groups in total. The molecule has 0 fully saturated rings. The Balaban J connectivity index is 1.68. The predicted octanol–water partition coefficient (Wildman–Crippen LogP) is 2.40. The first-order valence-electron chi connectivity index (χ1n) is 6.05. The number of ether oxygens (including phenoxy) is 1. The van der Waals surface area contributed by atoms with Gasteiger partial charge in [0.15, 0.2) is 12.1 Å². The van der Waals surface area contributed by atoms with Crippen LogP contribution in [0.4, 0.5) is 4.39 Å². The summed E-state index contributed by atoms with van der Waals surface area (Å²) in [6.07, 6.45) is 3.85. The van der Waals surface area contributed by atoms with Gasteiger partial charge in [0.25, 0.3) is 0 Å².